The number of thiocarbonyl (C=S) groups is 1. The van der Waals surface area contributed by atoms with Crippen molar-refractivity contribution < 1.29 is 14.4 Å². The fraction of sp³-hybridized carbons (Fsp3) is 0.429. The van der Waals surface area contributed by atoms with E-state index in [0.717, 1.165) is 46.1 Å². The number of carbonyl (C=O) groups is 3. The van der Waals surface area contributed by atoms with Crippen LogP contribution in [0.4, 0.5) is 16.2 Å². The van der Waals surface area contributed by atoms with Crippen LogP contribution in [0.1, 0.15) is 18.4 Å². The summed E-state index contributed by atoms with van der Waals surface area (Å²) in [5, 5.41) is 6.62. The zero-order chi connectivity index (χ0) is 21.6. The Labute approximate surface area is 180 Å². The summed E-state index contributed by atoms with van der Waals surface area (Å²) in [7, 11) is 2.90. The summed E-state index contributed by atoms with van der Waals surface area (Å²) >= 11 is 5.29. The molecule has 0 aromatic heterocycles. The number of rotatable bonds is 3. The fourth-order valence-electron chi connectivity index (χ4n) is 4.94. The van der Waals surface area contributed by atoms with Gasteiger partial charge in [-0.2, -0.15) is 0 Å². The van der Waals surface area contributed by atoms with Crippen molar-refractivity contribution in [1.29, 1.82) is 0 Å². The first-order valence-corrected chi connectivity index (χ1v) is 10.4. The van der Waals surface area contributed by atoms with Gasteiger partial charge in [-0.1, -0.05) is 6.08 Å². The molecular weight excluding hydrogens is 402 g/mol. The molecule has 30 heavy (non-hydrogen) atoms. The molecule has 0 radical (unpaired) electrons. The summed E-state index contributed by atoms with van der Waals surface area (Å²) in [6, 6.07) is 5.05. The maximum absolute atomic E-state index is 13.4. The Kier molecular flexibility index (Phi) is 5.01. The molecule has 1 aromatic carbocycles. The molecule has 0 aliphatic carbocycles. The van der Waals surface area contributed by atoms with Crippen molar-refractivity contribution in [3.05, 3.63) is 36.4 Å². The third-order valence-electron chi connectivity index (χ3n) is 6.29. The Bertz CT molecular complexity index is 938. The maximum atomic E-state index is 13.4. The van der Waals surface area contributed by atoms with E-state index in [-0.39, 0.29) is 12.5 Å². The van der Waals surface area contributed by atoms with Crippen LogP contribution in [0.25, 0.3) is 0 Å². The number of anilines is 2. The average molecular weight is 428 g/mol. The van der Waals surface area contributed by atoms with Crippen molar-refractivity contribution in [2.45, 2.75) is 25.3 Å². The van der Waals surface area contributed by atoms with Crippen LogP contribution < -0.4 is 15.5 Å². The van der Waals surface area contributed by atoms with E-state index in [0.29, 0.717) is 11.7 Å². The molecule has 0 bridgehead atoms. The van der Waals surface area contributed by atoms with Crippen LogP contribution in [0.2, 0.25) is 0 Å². The van der Waals surface area contributed by atoms with Crippen LogP contribution in [0.15, 0.2) is 30.9 Å². The van der Waals surface area contributed by atoms with Gasteiger partial charge in [-0.3, -0.25) is 19.4 Å². The largest absolute Gasteiger partial charge is 0.367 e. The first-order valence-electron chi connectivity index (χ1n) is 9.97. The Hall–Kier alpha value is -2.94. The molecule has 2 N–H and O–H groups in total. The average Bonchev–Trinajstić information content (AvgIpc) is 3.24. The van der Waals surface area contributed by atoms with Crippen molar-refractivity contribution in [2.24, 2.45) is 5.41 Å². The molecule has 3 aliphatic heterocycles. The lowest BCUT2D eigenvalue weighted by Gasteiger charge is -2.50. The number of carbonyl (C=O) groups excluding carboxylic acids is 3. The fourth-order valence-corrected chi connectivity index (χ4v) is 5.14. The smallest absolute Gasteiger partial charge is 0.332 e. The van der Waals surface area contributed by atoms with Crippen LogP contribution in [-0.2, 0) is 16.0 Å². The molecule has 3 heterocycles. The van der Waals surface area contributed by atoms with Gasteiger partial charge in [0.1, 0.15) is 0 Å². The Morgan fingerprint density at radius 1 is 1.27 bits per heavy atom. The lowest BCUT2D eigenvalue weighted by Crippen LogP contribution is -2.70. The number of barbiturate groups is 1. The van der Waals surface area contributed by atoms with Gasteiger partial charge in [-0.25, -0.2) is 4.79 Å². The van der Waals surface area contributed by atoms with E-state index in [1.165, 1.54) is 14.1 Å². The predicted octanol–water partition coefficient (Wildman–Crippen LogP) is 1.72. The number of fused-ring (bicyclic) bond motifs is 4. The van der Waals surface area contributed by atoms with Gasteiger partial charge < -0.3 is 15.5 Å². The van der Waals surface area contributed by atoms with Gasteiger partial charge in [0.05, 0.1) is 6.04 Å². The van der Waals surface area contributed by atoms with Gasteiger partial charge in [-0.15, -0.1) is 6.58 Å². The number of nitrogens with zero attached hydrogens (tertiary/aromatic N) is 3. The lowest BCUT2D eigenvalue weighted by molar-refractivity contribution is -0.159. The molecule has 0 unspecified atom stereocenters. The molecule has 9 heteroatoms. The highest BCUT2D eigenvalue weighted by molar-refractivity contribution is 7.80. The van der Waals surface area contributed by atoms with E-state index in [1.54, 1.807) is 6.08 Å². The second-order valence-corrected chi connectivity index (χ2v) is 8.39. The van der Waals surface area contributed by atoms with Crippen LogP contribution in [0.3, 0.4) is 0 Å². The molecule has 1 spiro atoms. The summed E-state index contributed by atoms with van der Waals surface area (Å²) < 4.78 is 0. The molecule has 2 saturated heterocycles. The van der Waals surface area contributed by atoms with Crippen molar-refractivity contribution in [3.63, 3.8) is 0 Å². The van der Waals surface area contributed by atoms with Crippen molar-refractivity contribution >= 4 is 46.6 Å². The second-order valence-electron chi connectivity index (χ2n) is 7.98. The van der Waals surface area contributed by atoms with Gasteiger partial charge in [0.15, 0.2) is 10.5 Å². The van der Waals surface area contributed by atoms with E-state index in [1.807, 2.05) is 18.2 Å². The molecule has 8 nitrogen and oxygen atoms in total. The molecule has 4 rings (SSSR count). The third-order valence-corrected chi connectivity index (χ3v) is 6.54. The number of hydrogen-bond acceptors (Lipinski definition) is 5. The van der Waals surface area contributed by atoms with E-state index in [2.05, 4.69) is 22.1 Å². The highest BCUT2D eigenvalue weighted by Gasteiger charge is 2.63. The highest BCUT2D eigenvalue weighted by atomic mass is 32.1. The first kappa shape index (κ1) is 20.3. The number of benzene rings is 1. The zero-order valence-corrected chi connectivity index (χ0v) is 17.9. The molecule has 0 saturated carbocycles. The third kappa shape index (κ3) is 2.87. The molecule has 158 valence electrons. The van der Waals surface area contributed by atoms with E-state index in [4.69, 9.17) is 12.2 Å². The van der Waals surface area contributed by atoms with Gasteiger partial charge in [-0.05, 0) is 55.2 Å². The Morgan fingerprint density at radius 2 is 1.97 bits per heavy atom. The minimum absolute atomic E-state index is 0.253. The highest BCUT2D eigenvalue weighted by Crippen LogP contribution is 2.49. The standard InChI is InChI=1S/C21H25N5O3S/c1-4-9-22-19(30)23-14-7-8-15-13(11-14)12-21(16-6-5-10-26(15)16)17(27)24(2)20(29)25(3)18(21)28/h4,7-8,11,16H,1,5-6,9-10,12H2,2-3H3,(H2,22,23,30)/t16-/m1/s1. The minimum Gasteiger partial charge on any atom is -0.367 e. The number of imide groups is 2. The number of hydrogen-bond donors (Lipinski definition) is 2. The molecule has 1 aromatic rings. The van der Waals surface area contributed by atoms with Gasteiger partial charge in [0.2, 0.25) is 11.8 Å². The molecule has 2 fully saturated rings. The summed E-state index contributed by atoms with van der Waals surface area (Å²) in [6.45, 7) is 4.97. The van der Waals surface area contributed by atoms with Crippen LogP contribution in [-0.4, -0.2) is 66.0 Å². The van der Waals surface area contributed by atoms with Crippen LogP contribution >= 0.6 is 12.2 Å². The van der Waals surface area contributed by atoms with E-state index >= 15 is 0 Å². The van der Waals surface area contributed by atoms with Crippen molar-refractivity contribution in [2.75, 3.05) is 37.4 Å². The summed E-state index contributed by atoms with van der Waals surface area (Å²) in [4.78, 5) is 43.4. The monoisotopic (exact) mass is 427 g/mol. The molecule has 4 amide bonds. The van der Waals surface area contributed by atoms with Gasteiger partial charge in [0.25, 0.3) is 0 Å². The van der Waals surface area contributed by atoms with E-state index in [9.17, 15) is 14.4 Å². The summed E-state index contributed by atoms with van der Waals surface area (Å²) in [5.74, 6) is -0.834. The Morgan fingerprint density at radius 3 is 2.63 bits per heavy atom. The summed E-state index contributed by atoms with van der Waals surface area (Å²) in [6.07, 6.45) is 3.60. The summed E-state index contributed by atoms with van der Waals surface area (Å²) in [5.41, 5.74) is 1.40. The van der Waals surface area contributed by atoms with E-state index < -0.39 is 23.3 Å². The Balaban J connectivity index is 1.74. The zero-order valence-electron chi connectivity index (χ0n) is 17.1. The maximum Gasteiger partial charge on any atom is 0.332 e. The first-order chi connectivity index (χ1) is 14.3. The molecule has 1 atom stereocenters. The predicted molar refractivity (Wildman–Crippen MR) is 118 cm³/mol. The normalized spacial score (nSPS) is 22.1. The number of amides is 4. The minimum atomic E-state index is -1.29. The van der Waals surface area contributed by atoms with Crippen LogP contribution in [0.5, 0.6) is 0 Å². The van der Waals surface area contributed by atoms with Crippen molar-refractivity contribution in [3.8, 4) is 0 Å². The van der Waals surface area contributed by atoms with Crippen LogP contribution in [0, 0.1) is 5.41 Å². The number of nitrogens with one attached hydrogen (secondary N) is 2. The second kappa shape index (κ2) is 7.39. The SMILES string of the molecule is C=CCNC(=S)Nc1ccc2c(c1)CC1(C(=O)N(C)C(=O)N(C)C1=O)[C@H]1CCCN21. The topological polar surface area (TPSA) is 85.0 Å². The van der Waals surface area contributed by atoms with Gasteiger partial charge >= 0.3 is 6.03 Å². The molecule has 3 aliphatic rings. The van der Waals surface area contributed by atoms with Crippen molar-refractivity contribution in [1.82, 2.24) is 15.1 Å². The lowest BCUT2D eigenvalue weighted by atomic mass is 9.68. The quantitative estimate of drug-likeness (QED) is 0.432. The molecular formula is C21H25N5O3S. The van der Waals surface area contributed by atoms with Gasteiger partial charge in [0, 0.05) is 38.6 Å². The number of urea groups is 1.